The maximum atomic E-state index is 12.6. The molecule has 106 valence electrons. The molecule has 1 aromatic carbocycles. The highest BCUT2D eigenvalue weighted by molar-refractivity contribution is 5.24. The lowest BCUT2D eigenvalue weighted by Gasteiger charge is -2.26. The largest absolute Gasteiger partial charge is 0.386 e. The normalized spacial score (nSPS) is 27.1. The second kappa shape index (κ2) is 5.94. The number of ether oxygens (including phenoxy) is 1. The van der Waals surface area contributed by atoms with Crippen molar-refractivity contribution in [2.45, 2.75) is 38.0 Å². The van der Waals surface area contributed by atoms with Crippen LogP contribution in [0.3, 0.4) is 0 Å². The van der Waals surface area contributed by atoms with Gasteiger partial charge >= 0.3 is 0 Å². The van der Waals surface area contributed by atoms with E-state index in [1.54, 1.807) is 12.1 Å². The highest BCUT2D eigenvalue weighted by Gasteiger charge is 2.38. The van der Waals surface area contributed by atoms with Crippen LogP contribution in [0, 0.1) is 0 Å². The third kappa shape index (κ3) is 3.49. The van der Waals surface area contributed by atoms with E-state index in [0.717, 1.165) is 5.56 Å². The molecule has 1 aliphatic rings. The molecular formula is C14H19F2NO2. The predicted molar refractivity (Wildman–Crippen MR) is 68.1 cm³/mol. The lowest BCUT2D eigenvalue weighted by atomic mass is 9.96. The van der Waals surface area contributed by atoms with E-state index in [0.29, 0.717) is 26.1 Å². The van der Waals surface area contributed by atoms with Crippen molar-refractivity contribution in [2.24, 2.45) is 0 Å². The minimum absolute atomic E-state index is 0.0237. The van der Waals surface area contributed by atoms with E-state index in [1.165, 1.54) is 12.1 Å². The maximum Gasteiger partial charge on any atom is 0.263 e. The lowest BCUT2D eigenvalue weighted by molar-refractivity contribution is -0.0263. The molecule has 5 heteroatoms. The Morgan fingerprint density at radius 2 is 2.32 bits per heavy atom. The minimum Gasteiger partial charge on any atom is -0.386 e. The van der Waals surface area contributed by atoms with Crippen LogP contribution < -0.4 is 5.32 Å². The van der Waals surface area contributed by atoms with Gasteiger partial charge in [-0.25, -0.2) is 8.78 Å². The van der Waals surface area contributed by atoms with E-state index >= 15 is 0 Å². The molecule has 3 nitrogen and oxygen atoms in total. The number of alkyl halides is 2. The fourth-order valence-electron chi connectivity index (χ4n) is 2.27. The summed E-state index contributed by atoms with van der Waals surface area (Å²) >= 11 is 0. The van der Waals surface area contributed by atoms with Gasteiger partial charge < -0.3 is 15.2 Å². The van der Waals surface area contributed by atoms with Crippen molar-refractivity contribution in [2.75, 3.05) is 13.2 Å². The van der Waals surface area contributed by atoms with Crippen LogP contribution in [0.4, 0.5) is 8.78 Å². The van der Waals surface area contributed by atoms with Crippen LogP contribution in [0.25, 0.3) is 0 Å². The first-order valence-electron chi connectivity index (χ1n) is 6.43. The van der Waals surface area contributed by atoms with Gasteiger partial charge in [0.15, 0.2) is 0 Å². The third-order valence-corrected chi connectivity index (χ3v) is 3.62. The molecule has 2 atom stereocenters. The van der Waals surface area contributed by atoms with Gasteiger partial charge in [0.2, 0.25) is 0 Å². The van der Waals surface area contributed by atoms with Crippen LogP contribution in [-0.4, -0.2) is 30.0 Å². The van der Waals surface area contributed by atoms with Gasteiger partial charge in [0.05, 0.1) is 6.10 Å². The molecule has 0 radical (unpaired) electrons. The molecule has 2 N–H and O–H groups in total. The molecule has 0 saturated carbocycles. The van der Waals surface area contributed by atoms with Crippen molar-refractivity contribution < 1.29 is 18.6 Å². The van der Waals surface area contributed by atoms with Crippen molar-refractivity contribution in [3.05, 3.63) is 35.4 Å². The van der Waals surface area contributed by atoms with E-state index in [2.05, 4.69) is 5.32 Å². The van der Waals surface area contributed by atoms with Crippen LogP contribution in [0.15, 0.2) is 24.3 Å². The molecule has 0 aromatic heterocycles. The fourth-order valence-corrected chi connectivity index (χ4v) is 2.27. The zero-order chi connectivity index (χ0) is 13.9. The number of benzene rings is 1. The lowest BCUT2D eigenvalue weighted by Crippen LogP contribution is -2.45. The minimum atomic E-state index is -2.45. The van der Waals surface area contributed by atoms with Crippen LogP contribution in [0.5, 0.6) is 0 Å². The van der Waals surface area contributed by atoms with Crippen molar-refractivity contribution in [1.29, 1.82) is 0 Å². The maximum absolute atomic E-state index is 12.6. The van der Waals surface area contributed by atoms with E-state index in [9.17, 15) is 13.9 Å². The molecule has 2 rings (SSSR count). The summed E-state index contributed by atoms with van der Waals surface area (Å²) in [6.45, 7) is 3.25. The summed E-state index contributed by atoms with van der Waals surface area (Å²) in [4.78, 5) is 0. The van der Waals surface area contributed by atoms with E-state index in [-0.39, 0.29) is 11.7 Å². The molecule has 0 spiro atoms. The topological polar surface area (TPSA) is 41.5 Å². The molecule has 0 bridgehead atoms. The molecule has 0 aliphatic carbocycles. The molecule has 1 saturated heterocycles. The van der Waals surface area contributed by atoms with Gasteiger partial charge in [-0.1, -0.05) is 18.2 Å². The van der Waals surface area contributed by atoms with E-state index in [4.69, 9.17) is 4.74 Å². The summed E-state index contributed by atoms with van der Waals surface area (Å²) in [5, 5.41) is 13.4. The van der Waals surface area contributed by atoms with Crippen molar-refractivity contribution in [3.63, 3.8) is 0 Å². The first kappa shape index (κ1) is 14.4. The number of hydrogen-bond donors (Lipinski definition) is 2. The number of nitrogens with one attached hydrogen (secondary N) is 1. The molecule has 0 amide bonds. The molecule has 1 aromatic rings. The van der Waals surface area contributed by atoms with Gasteiger partial charge in [-0.2, -0.15) is 0 Å². The smallest absolute Gasteiger partial charge is 0.263 e. The average Bonchev–Trinajstić information content (AvgIpc) is 2.70. The van der Waals surface area contributed by atoms with Gasteiger partial charge in [0.1, 0.15) is 5.60 Å². The third-order valence-electron chi connectivity index (χ3n) is 3.62. The van der Waals surface area contributed by atoms with Crippen LogP contribution >= 0.6 is 0 Å². The summed E-state index contributed by atoms with van der Waals surface area (Å²) in [5.74, 6) is 0. The summed E-state index contributed by atoms with van der Waals surface area (Å²) in [5.41, 5.74) is -0.0519. The SMILES string of the molecule is CC1OCCC1(O)CNCc1cccc(C(F)F)c1. The molecule has 1 heterocycles. The van der Waals surface area contributed by atoms with Crippen LogP contribution in [0.1, 0.15) is 30.9 Å². The zero-order valence-electron chi connectivity index (χ0n) is 10.9. The average molecular weight is 271 g/mol. The Kier molecular flexibility index (Phi) is 4.50. The Labute approximate surface area is 111 Å². The highest BCUT2D eigenvalue weighted by Crippen LogP contribution is 2.25. The van der Waals surface area contributed by atoms with Crippen molar-refractivity contribution in [1.82, 2.24) is 5.32 Å². The first-order valence-corrected chi connectivity index (χ1v) is 6.43. The molecular weight excluding hydrogens is 252 g/mol. The highest BCUT2D eigenvalue weighted by atomic mass is 19.3. The summed E-state index contributed by atoms with van der Waals surface area (Å²) in [6, 6.07) is 6.30. The van der Waals surface area contributed by atoms with Gasteiger partial charge in [-0.3, -0.25) is 0 Å². The van der Waals surface area contributed by atoms with Gasteiger partial charge in [-0.05, 0) is 18.6 Å². The Morgan fingerprint density at radius 3 is 2.95 bits per heavy atom. The first-order chi connectivity index (χ1) is 9.01. The Balaban J connectivity index is 1.87. The van der Waals surface area contributed by atoms with Gasteiger partial charge in [0.25, 0.3) is 6.43 Å². The van der Waals surface area contributed by atoms with E-state index in [1.807, 2.05) is 6.92 Å². The Hall–Kier alpha value is -1.04. The van der Waals surface area contributed by atoms with Crippen molar-refractivity contribution in [3.8, 4) is 0 Å². The summed E-state index contributed by atoms with van der Waals surface area (Å²) in [7, 11) is 0. The Bertz CT molecular complexity index is 428. The van der Waals surface area contributed by atoms with Crippen LogP contribution in [-0.2, 0) is 11.3 Å². The molecule has 1 aliphatic heterocycles. The number of rotatable bonds is 5. The van der Waals surface area contributed by atoms with E-state index < -0.39 is 12.0 Å². The second-order valence-electron chi connectivity index (χ2n) is 5.02. The quantitative estimate of drug-likeness (QED) is 0.863. The van der Waals surface area contributed by atoms with Crippen molar-refractivity contribution >= 4 is 0 Å². The summed E-state index contributed by atoms with van der Waals surface area (Å²) < 4.78 is 30.4. The van der Waals surface area contributed by atoms with Gasteiger partial charge in [0, 0.05) is 31.7 Å². The molecule has 2 unspecified atom stereocenters. The standard InChI is InChI=1S/C14H19F2NO2/c1-10-14(18,5-6-19-10)9-17-8-11-3-2-4-12(7-11)13(15)16/h2-4,7,10,13,17-18H,5-6,8-9H2,1H3. The molecule has 19 heavy (non-hydrogen) atoms. The number of aliphatic hydroxyl groups is 1. The predicted octanol–water partition coefficient (Wildman–Crippen LogP) is 2.25. The fraction of sp³-hybridized carbons (Fsp3) is 0.571. The summed E-state index contributed by atoms with van der Waals surface area (Å²) in [6.07, 6.45) is -2.06. The van der Waals surface area contributed by atoms with Crippen LogP contribution in [0.2, 0.25) is 0 Å². The Morgan fingerprint density at radius 1 is 1.53 bits per heavy atom. The van der Waals surface area contributed by atoms with Gasteiger partial charge in [-0.15, -0.1) is 0 Å². The number of hydrogen-bond acceptors (Lipinski definition) is 3. The molecule has 1 fully saturated rings. The number of halogens is 2. The zero-order valence-corrected chi connectivity index (χ0v) is 10.9. The monoisotopic (exact) mass is 271 g/mol. The second-order valence-corrected chi connectivity index (χ2v) is 5.02.